The lowest BCUT2D eigenvalue weighted by Crippen LogP contribution is -2.43. The topological polar surface area (TPSA) is 66.5 Å². The molecule has 126 valence electrons. The molecule has 7 heteroatoms. The minimum atomic E-state index is -0.286. The number of benzene rings is 1. The van der Waals surface area contributed by atoms with E-state index in [0.717, 1.165) is 31.9 Å². The van der Waals surface area contributed by atoms with Crippen LogP contribution < -0.4 is 20.3 Å². The summed E-state index contributed by atoms with van der Waals surface area (Å²) in [5, 5.41) is 6.61. The van der Waals surface area contributed by atoms with Gasteiger partial charge in [0.15, 0.2) is 0 Å². The van der Waals surface area contributed by atoms with Gasteiger partial charge in [-0.05, 0) is 30.3 Å². The fourth-order valence-electron chi connectivity index (χ4n) is 2.61. The van der Waals surface area contributed by atoms with Crippen molar-refractivity contribution in [2.24, 2.45) is 0 Å². The van der Waals surface area contributed by atoms with Crippen molar-refractivity contribution in [2.75, 3.05) is 43.5 Å². The Morgan fingerprint density at radius 3 is 2.75 bits per heavy atom. The van der Waals surface area contributed by atoms with Crippen LogP contribution in [0.25, 0.3) is 0 Å². The van der Waals surface area contributed by atoms with Crippen molar-refractivity contribution in [3.05, 3.63) is 47.1 Å². The van der Waals surface area contributed by atoms with Crippen LogP contribution >= 0.6 is 11.6 Å². The van der Waals surface area contributed by atoms with E-state index in [9.17, 15) is 4.79 Å². The summed E-state index contributed by atoms with van der Waals surface area (Å²) in [6, 6.07) is 8.66. The summed E-state index contributed by atoms with van der Waals surface area (Å²) >= 11 is 5.92. The van der Waals surface area contributed by atoms with Crippen molar-refractivity contribution >= 4 is 29.0 Å². The summed E-state index contributed by atoms with van der Waals surface area (Å²) in [5.41, 5.74) is 1.47. The number of methoxy groups -OCH3 is 1. The molecule has 0 spiro atoms. The summed E-state index contributed by atoms with van der Waals surface area (Å²) < 4.78 is 5.21. The molecule has 1 saturated heterocycles. The summed E-state index contributed by atoms with van der Waals surface area (Å²) in [6.07, 6.45) is 1.78. The van der Waals surface area contributed by atoms with Crippen LogP contribution in [0.5, 0.6) is 5.75 Å². The molecule has 1 fully saturated rings. The maximum atomic E-state index is 12.4. The molecule has 0 unspecified atom stereocenters. The Labute approximate surface area is 145 Å². The lowest BCUT2D eigenvalue weighted by atomic mass is 10.2. The van der Waals surface area contributed by atoms with Gasteiger partial charge in [-0.3, -0.25) is 4.79 Å². The number of aromatic nitrogens is 1. The van der Waals surface area contributed by atoms with Crippen molar-refractivity contribution in [2.45, 2.75) is 0 Å². The molecule has 24 heavy (non-hydrogen) atoms. The van der Waals surface area contributed by atoms with Gasteiger partial charge in [-0.2, -0.15) is 0 Å². The number of carbonyl (C=O) groups excluding carboxylic acids is 1. The number of hydrogen-bond donors (Lipinski definition) is 2. The first-order valence-electron chi connectivity index (χ1n) is 7.74. The quantitative estimate of drug-likeness (QED) is 0.890. The molecule has 0 radical (unpaired) electrons. The molecular formula is C17H19ClN4O2. The summed E-state index contributed by atoms with van der Waals surface area (Å²) in [6.45, 7) is 3.84. The Morgan fingerprint density at radius 1 is 1.29 bits per heavy atom. The molecule has 1 amide bonds. The third-order valence-corrected chi connectivity index (χ3v) is 4.11. The second-order valence-corrected chi connectivity index (χ2v) is 5.87. The van der Waals surface area contributed by atoms with Crippen LogP contribution in [0.4, 0.5) is 11.5 Å². The van der Waals surface area contributed by atoms with E-state index in [-0.39, 0.29) is 5.91 Å². The van der Waals surface area contributed by atoms with Gasteiger partial charge in [0, 0.05) is 31.2 Å². The van der Waals surface area contributed by atoms with Crippen LogP contribution in [-0.4, -0.2) is 44.2 Å². The van der Waals surface area contributed by atoms with Crippen molar-refractivity contribution < 1.29 is 9.53 Å². The number of piperazine rings is 1. The zero-order valence-corrected chi connectivity index (χ0v) is 14.1. The predicted octanol–water partition coefficient (Wildman–Crippen LogP) is 2.41. The van der Waals surface area contributed by atoms with E-state index in [1.807, 2.05) is 6.07 Å². The van der Waals surface area contributed by atoms with Gasteiger partial charge in [-0.1, -0.05) is 11.6 Å². The van der Waals surface area contributed by atoms with Gasteiger partial charge in [-0.15, -0.1) is 0 Å². The van der Waals surface area contributed by atoms with Crippen molar-refractivity contribution in [1.29, 1.82) is 0 Å². The number of carbonyl (C=O) groups is 1. The van der Waals surface area contributed by atoms with E-state index in [1.165, 1.54) is 7.11 Å². The van der Waals surface area contributed by atoms with Crippen LogP contribution in [0.3, 0.4) is 0 Å². The van der Waals surface area contributed by atoms with Gasteiger partial charge in [0.2, 0.25) is 0 Å². The number of ether oxygens (including phenoxy) is 1. The SMILES string of the molecule is COc1cc(Cl)ccc1C(=O)Nc1ccc(N2CCNCC2)cn1. The van der Waals surface area contributed by atoms with E-state index < -0.39 is 0 Å². The number of hydrogen-bond acceptors (Lipinski definition) is 5. The molecule has 2 heterocycles. The van der Waals surface area contributed by atoms with Crippen LogP contribution in [0.15, 0.2) is 36.5 Å². The Kier molecular flexibility index (Phi) is 5.17. The highest BCUT2D eigenvalue weighted by Crippen LogP contribution is 2.24. The highest BCUT2D eigenvalue weighted by Gasteiger charge is 2.14. The largest absolute Gasteiger partial charge is 0.496 e. The van der Waals surface area contributed by atoms with Crippen LogP contribution in [0.2, 0.25) is 5.02 Å². The third kappa shape index (κ3) is 3.77. The van der Waals surface area contributed by atoms with Gasteiger partial charge in [-0.25, -0.2) is 4.98 Å². The lowest BCUT2D eigenvalue weighted by molar-refractivity contribution is 0.102. The fraction of sp³-hybridized carbons (Fsp3) is 0.294. The number of rotatable bonds is 4. The zero-order chi connectivity index (χ0) is 16.9. The smallest absolute Gasteiger partial charge is 0.260 e. The molecule has 2 aromatic rings. The number of anilines is 2. The van der Waals surface area contributed by atoms with E-state index in [0.29, 0.717) is 22.2 Å². The van der Waals surface area contributed by atoms with Crippen LogP contribution in [0.1, 0.15) is 10.4 Å². The second kappa shape index (κ2) is 7.51. The number of nitrogens with zero attached hydrogens (tertiary/aromatic N) is 2. The zero-order valence-electron chi connectivity index (χ0n) is 13.4. The highest BCUT2D eigenvalue weighted by molar-refractivity contribution is 6.31. The molecule has 6 nitrogen and oxygen atoms in total. The third-order valence-electron chi connectivity index (χ3n) is 3.88. The van der Waals surface area contributed by atoms with E-state index in [2.05, 4.69) is 20.5 Å². The summed E-state index contributed by atoms with van der Waals surface area (Å²) in [7, 11) is 1.50. The first-order valence-corrected chi connectivity index (χ1v) is 8.12. The molecule has 1 aliphatic heterocycles. The molecule has 1 aromatic heterocycles. The number of amides is 1. The minimum Gasteiger partial charge on any atom is -0.496 e. The molecule has 2 N–H and O–H groups in total. The average Bonchev–Trinajstić information content (AvgIpc) is 2.63. The van der Waals surface area contributed by atoms with E-state index in [4.69, 9.17) is 16.3 Å². The van der Waals surface area contributed by atoms with Gasteiger partial charge in [0.25, 0.3) is 5.91 Å². The Bertz CT molecular complexity index is 715. The van der Waals surface area contributed by atoms with Gasteiger partial charge < -0.3 is 20.3 Å². The maximum absolute atomic E-state index is 12.4. The maximum Gasteiger partial charge on any atom is 0.260 e. The first-order chi connectivity index (χ1) is 11.7. The van der Waals surface area contributed by atoms with Crippen LogP contribution in [0, 0.1) is 0 Å². The standard InChI is InChI=1S/C17H19ClN4O2/c1-24-15-10-12(18)2-4-14(15)17(23)21-16-5-3-13(11-20-16)22-8-6-19-7-9-22/h2-5,10-11,19H,6-9H2,1H3,(H,20,21,23). The first kappa shape index (κ1) is 16.5. The van der Waals surface area contributed by atoms with Gasteiger partial charge in [0.1, 0.15) is 11.6 Å². The summed E-state index contributed by atoms with van der Waals surface area (Å²) in [4.78, 5) is 19.0. The van der Waals surface area contributed by atoms with E-state index >= 15 is 0 Å². The molecule has 0 bridgehead atoms. The molecule has 1 aliphatic rings. The lowest BCUT2D eigenvalue weighted by Gasteiger charge is -2.29. The van der Waals surface area contributed by atoms with Crippen LogP contribution in [-0.2, 0) is 0 Å². The Morgan fingerprint density at radius 2 is 2.08 bits per heavy atom. The molecule has 3 rings (SSSR count). The van der Waals surface area contributed by atoms with Gasteiger partial charge >= 0.3 is 0 Å². The van der Waals surface area contributed by atoms with Gasteiger partial charge in [0.05, 0.1) is 24.6 Å². The fourth-order valence-corrected chi connectivity index (χ4v) is 2.77. The van der Waals surface area contributed by atoms with Crippen molar-refractivity contribution in [3.63, 3.8) is 0 Å². The molecule has 1 aromatic carbocycles. The number of nitrogens with one attached hydrogen (secondary N) is 2. The number of halogens is 1. The summed E-state index contributed by atoms with van der Waals surface area (Å²) in [5.74, 6) is 0.638. The average molecular weight is 347 g/mol. The number of pyridine rings is 1. The second-order valence-electron chi connectivity index (χ2n) is 5.44. The Balaban J connectivity index is 1.70. The van der Waals surface area contributed by atoms with Crippen molar-refractivity contribution in [1.82, 2.24) is 10.3 Å². The molecule has 0 atom stereocenters. The van der Waals surface area contributed by atoms with E-state index in [1.54, 1.807) is 30.5 Å². The molecule has 0 aliphatic carbocycles. The monoisotopic (exact) mass is 346 g/mol. The minimum absolute atomic E-state index is 0.286. The van der Waals surface area contributed by atoms with Crippen molar-refractivity contribution in [3.8, 4) is 5.75 Å². The highest BCUT2D eigenvalue weighted by atomic mass is 35.5. The molecule has 0 saturated carbocycles. The predicted molar refractivity (Wildman–Crippen MR) is 95.3 cm³/mol. The Hall–Kier alpha value is -2.31. The molecular weight excluding hydrogens is 328 g/mol. The normalized spacial score (nSPS) is 14.3.